The number of nitro benzene ring substituents is 1. The van der Waals surface area contributed by atoms with Crippen LogP contribution in [-0.2, 0) is 6.61 Å². The lowest BCUT2D eigenvalue weighted by Crippen LogP contribution is -2.00. The van der Waals surface area contributed by atoms with Crippen molar-refractivity contribution in [2.75, 3.05) is 0 Å². The molecule has 0 radical (unpaired) electrons. The van der Waals surface area contributed by atoms with Crippen LogP contribution < -0.4 is 4.74 Å². The Kier molecular flexibility index (Phi) is 4.36. The monoisotopic (exact) mass is 306 g/mol. The van der Waals surface area contributed by atoms with E-state index in [1.54, 1.807) is 12.1 Å². The van der Waals surface area contributed by atoms with E-state index in [0.29, 0.717) is 16.1 Å². The summed E-state index contributed by atoms with van der Waals surface area (Å²) < 4.78 is 18.4. The Morgan fingerprint density at radius 2 is 2.10 bits per heavy atom. The smallest absolute Gasteiger partial charge is 0.311 e. The maximum atomic E-state index is 13.1. The van der Waals surface area contributed by atoms with Gasteiger partial charge in [-0.3, -0.25) is 10.1 Å². The van der Waals surface area contributed by atoms with Gasteiger partial charge in [0, 0.05) is 22.7 Å². The molecule has 0 aromatic heterocycles. The van der Waals surface area contributed by atoms with Crippen LogP contribution in [0.4, 0.5) is 10.1 Å². The second-order valence-electron chi connectivity index (χ2n) is 4.08. The SMILES string of the molecule is N#Cc1ccc(COc2cc(F)ccc2[N+](=O)[O-])c(Cl)c1. The van der Waals surface area contributed by atoms with Gasteiger partial charge < -0.3 is 4.74 Å². The van der Waals surface area contributed by atoms with E-state index >= 15 is 0 Å². The standard InChI is InChI=1S/C14H8ClFN2O3/c15-12-5-9(7-17)1-2-10(12)8-21-14-6-11(16)3-4-13(14)18(19)20/h1-6H,8H2. The normalized spacial score (nSPS) is 9.95. The van der Waals surface area contributed by atoms with Gasteiger partial charge in [0.25, 0.3) is 0 Å². The Morgan fingerprint density at radius 3 is 2.71 bits per heavy atom. The van der Waals surface area contributed by atoms with E-state index in [0.717, 1.165) is 18.2 Å². The Balaban J connectivity index is 2.22. The molecule has 5 nitrogen and oxygen atoms in total. The number of benzene rings is 2. The summed E-state index contributed by atoms with van der Waals surface area (Å²) in [7, 11) is 0. The highest BCUT2D eigenvalue weighted by molar-refractivity contribution is 6.31. The minimum atomic E-state index is -0.658. The first kappa shape index (κ1) is 14.8. The molecule has 0 aliphatic heterocycles. The van der Waals surface area contributed by atoms with Gasteiger partial charge in [-0.15, -0.1) is 0 Å². The summed E-state index contributed by atoms with van der Waals surface area (Å²) in [6, 6.07) is 9.48. The van der Waals surface area contributed by atoms with E-state index in [-0.39, 0.29) is 18.0 Å². The molecular weight excluding hydrogens is 299 g/mol. The largest absolute Gasteiger partial charge is 0.482 e. The Bertz CT molecular complexity index is 743. The van der Waals surface area contributed by atoms with Gasteiger partial charge in [0.2, 0.25) is 0 Å². The topological polar surface area (TPSA) is 76.2 Å². The summed E-state index contributed by atoms with van der Waals surface area (Å²) in [5, 5.41) is 19.9. The average Bonchev–Trinajstić information content (AvgIpc) is 2.45. The molecule has 2 rings (SSSR count). The predicted molar refractivity (Wildman–Crippen MR) is 73.6 cm³/mol. The minimum Gasteiger partial charge on any atom is -0.482 e. The summed E-state index contributed by atoms with van der Waals surface area (Å²) >= 11 is 5.97. The summed E-state index contributed by atoms with van der Waals surface area (Å²) in [6.45, 7) is -0.0746. The fourth-order valence-electron chi connectivity index (χ4n) is 1.64. The lowest BCUT2D eigenvalue weighted by molar-refractivity contribution is -0.386. The van der Waals surface area contributed by atoms with Crippen molar-refractivity contribution in [2.24, 2.45) is 0 Å². The average molecular weight is 307 g/mol. The zero-order valence-corrected chi connectivity index (χ0v) is 11.3. The molecule has 0 heterocycles. The molecule has 0 bridgehead atoms. The van der Waals surface area contributed by atoms with Crippen molar-refractivity contribution in [3.05, 3.63) is 68.5 Å². The van der Waals surface area contributed by atoms with E-state index in [1.807, 2.05) is 6.07 Å². The van der Waals surface area contributed by atoms with Gasteiger partial charge in [-0.1, -0.05) is 17.7 Å². The molecular formula is C14H8ClFN2O3. The lowest BCUT2D eigenvalue weighted by atomic mass is 10.1. The Labute approximate surface area is 124 Å². The first-order valence-electron chi connectivity index (χ1n) is 5.76. The highest BCUT2D eigenvalue weighted by Gasteiger charge is 2.16. The van der Waals surface area contributed by atoms with Crippen LogP contribution >= 0.6 is 11.6 Å². The molecule has 0 saturated heterocycles. The zero-order chi connectivity index (χ0) is 15.4. The van der Waals surface area contributed by atoms with E-state index < -0.39 is 10.7 Å². The van der Waals surface area contributed by atoms with Crippen molar-refractivity contribution in [1.82, 2.24) is 0 Å². The van der Waals surface area contributed by atoms with Gasteiger partial charge in [-0.2, -0.15) is 5.26 Å². The van der Waals surface area contributed by atoms with Gasteiger partial charge >= 0.3 is 5.69 Å². The van der Waals surface area contributed by atoms with Crippen molar-refractivity contribution in [3.8, 4) is 11.8 Å². The maximum Gasteiger partial charge on any atom is 0.311 e. The van der Waals surface area contributed by atoms with Crippen molar-refractivity contribution in [2.45, 2.75) is 6.61 Å². The zero-order valence-electron chi connectivity index (χ0n) is 10.5. The van der Waals surface area contributed by atoms with Crippen LogP contribution in [0.3, 0.4) is 0 Å². The molecule has 0 unspecified atom stereocenters. The van der Waals surface area contributed by atoms with Crippen LogP contribution in [0.2, 0.25) is 5.02 Å². The highest BCUT2D eigenvalue weighted by Crippen LogP contribution is 2.29. The van der Waals surface area contributed by atoms with Crippen molar-refractivity contribution in [3.63, 3.8) is 0 Å². The quantitative estimate of drug-likeness (QED) is 0.635. The molecule has 2 aromatic rings. The molecule has 0 aliphatic carbocycles. The number of nitrogens with zero attached hydrogens (tertiary/aromatic N) is 2. The molecule has 2 aromatic carbocycles. The van der Waals surface area contributed by atoms with Crippen LogP contribution in [0.1, 0.15) is 11.1 Å². The van der Waals surface area contributed by atoms with Gasteiger partial charge in [-0.25, -0.2) is 4.39 Å². The molecule has 0 saturated carbocycles. The third-order valence-electron chi connectivity index (χ3n) is 2.68. The molecule has 0 spiro atoms. The molecule has 0 aliphatic rings. The van der Waals surface area contributed by atoms with Gasteiger partial charge in [0.1, 0.15) is 12.4 Å². The third kappa shape index (κ3) is 3.46. The highest BCUT2D eigenvalue weighted by atomic mass is 35.5. The molecule has 0 N–H and O–H groups in total. The van der Waals surface area contributed by atoms with E-state index in [4.69, 9.17) is 21.6 Å². The number of nitriles is 1. The summed E-state index contributed by atoms with van der Waals surface area (Å²) in [5.74, 6) is -0.818. The number of ether oxygens (including phenoxy) is 1. The predicted octanol–water partition coefficient (Wildman–Crippen LogP) is 3.84. The molecule has 21 heavy (non-hydrogen) atoms. The van der Waals surface area contributed by atoms with Crippen LogP contribution in [0, 0.1) is 27.3 Å². The fourth-order valence-corrected chi connectivity index (χ4v) is 1.88. The summed E-state index contributed by atoms with van der Waals surface area (Å²) in [4.78, 5) is 10.2. The number of nitro groups is 1. The van der Waals surface area contributed by atoms with Crippen LogP contribution in [0.5, 0.6) is 5.75 Å². The van der Waals surface area contributed by atoms with E-state index in [2.05, 4.69) is 0 Å². The minimum absolute atomic E-state index is 0.0746. The number of hydrogen-bond acceptors (Lipinski definition) is 4. The number of hydrogen-bond donors (Lipinski definition) is 0. The van der Waals surface area contributed by atoms with Crippen LogP contribution in [-0.4, -0.2) is 4.92 Å². The maximum absolute atomic E-state index is 13.1. The van der Waals surface area contributed by atoms with Crippen molar-refractivity contribution < 1.29 is 14.1 Å². The molecule has 7 heteroatoms. The first-order chi connectivity index (χ1) is 10.0. The summed E-state index contributed by atoms with van der Waals surface area (Å²) in [5.41, 5.74) is 0.593. The third-order valence-corrected chi connectivity index (χ3v) is 3.04. The second kappa shape index (κ2) is 6.20. The van der Waals surface area contributed by atoms with Gasteiger partial charge in [0.15, 0.2) is 5.75 Å². The molecule has 0 amide bonds. The van der Waals surface area contributed by atoms with Crippen LogP contribution in [0.15, 0.2) is 36.4 Å². The van der Waals surface area contributed by atoms with Crippen molar-refractivity contribution >= 4 is 17.3 Å². The fraction of sp³-hybridized carbons (Fsp3) is 0.0714. The summed E-state index contributed by atoms with van der Waals surface area (Å²) in [6.07, 6.45) is 0. The first-order valence-corrected chi connectivity index (χ1v) is 6.14. The lowest BCUT2D eigenvalue weighted by Gasteiger charge is -2.08. The second-order valence-corrected chi connectivity index (χ2v) is 4.48. The molecule has 0 atom stereocenters. The Morgan fingerprint density at radius 1 is 1.33 bits per heavy atom. The van der Waals surface area contributed by atoms with Gasteiger partial charge in [0.05, 0.1) is 16.6 Å². The Hall–Kier alpha value is -2.65. The number of rotatable bonds is 4. The molecule has 106 valence electrons. The van der Waals surface area contributed by atoms with Crippen molar-refractivity contribution in [1.29, 1.82) is 5.26 Å². The van der Waals surface area contributed by atoms with E-state index in [9.17, 15) is 14.5 Å². The van der Waals surface area contributed by atoms with Crippen LogP contribution in [0.25, 0.3) is 0 Å². The molecule has 0 fully saturated rings. The number of halogens is 2. The van der Waals surface area contributed by atoms with Gasteiger partial charge in [-0.05, 0) is 18.2 Å². The van der Waals surface area contributed by atoms with E-state index in [1.165, 1.54) is 6.07 Å².